The van der Waals surface area contributed by atoms with Gasteiger partial charge in [-0.3, -0.25) is 4.79 Å². The Kier molecular flexibility index (Phi) is 6.40. The molecular weight excluding hydrogens is 394 g/mol. The van der Waals surface area contributed by atoms with Gasteiger partial charge in [0.15, 0.2) is 0 Å². The van der Waals surface area contributed by atoms with Crippen LogP contribution in [-0.4, -0.2) is 17.9 Å². The highest BCUT2D eigenvalue weighted by Gasteiger charge is 2.21. The van der Waals surface area contributed by atoms with Crippen LogP contribution in [0.3, 0.4) is 0 Å². The molecule has 0 heterocycles. The number of nitrogens with one attached hydrogen (secondary N) is 1. The van der Waals surface area contributed by atoms with Crippen molar-refractivity contribution in [2.75, 3.05) is 0 Å². The van der Waals surface area contributed by atoms with E-state index in [1.165, 1.54) is 0 Å². The molecule has 2 rings (SSSR count). The molecule has 0 aliphatic carbocycles. The molecule has 4 nitrogen and oxygen atoms in total. The minimum Gasteiger partial charge on any atom is -0.456 e. The predicted octanol–water partition coefficient (Wildman–Crippen LogP) is 4.53. The van der Waals surface area contributed by atoms with Crippen LogP contribution in [0.5, 0.6) is 0 Å². The fraction of sp³-hybridized carbons (Fsp3) is 0.222. The molecule has 0 unspecified atom stereocenters. The Morgan fingerprint density at radius 2 is 1.71 bits per heavy atom. The Balaban J connectivity index is 1.95. The summed E-state index contributed by atoms with van der Waals surface area (Å²) >= 11 is 9.40. The third kappa shape index (κ3) is 4.82. The van der Waals surface area contributed by atoms with Gasteiger partial charge in [-0.15, -0.1) is 0 Å². The molecule has 1 amide bonds. The summed E-state index contributed by atoms with van der Waals surface area (Å²) in [5.74, 6) is -0.856. The highest BCUT2D eigenvalue weighted by atomic mass is 79.9. The van der Waals surface area contributed by atoms with Gasteiger partial charge in [-0.2, -0.15) is 0 Å². The zero-order valence-electron chi connectivity index (χ0n) is 13.3. The molecule has 0 spiro atoms. The molecule has 0 radical (unpaired) electrons. The number of rotatable bonds is 5. The van der Waals surface area contributed by atoms with Gasteiger partial charge < -0.3 is 10.1 Å². The molecule has 0 saturated carbocycles. The lowest BCUT2D eigenvalue weighted by molar-refractivity contribution is -0.150. The van der Waals surface area contributed by atoms with Crippen molar-refractivity contribution < 1.29 is 14.3 Å². The lowest BCUT2D eigenvalue weighted by Crippen LogP contribution is -2.39. The van der Waals surface area contributed by atoms with E-state index in [0.717, 1.165) is 10.0 Å². The number of halogens is 2. The van der Waals surface area contributed by atoms with Crippen molar-refractivity contribution >= 4 is 39.4 Å². The van der Waals surface area contributed by atoms with Crippen molar-refractivity contribution in [3.05, 3.63) is 69.2 Å². The maximum atomic E-state index is 12.2. The van der Waals surface area contributed by atoms with E-state index in [1.807, 2.05) is 6.07 Å². The summed E-state index contributed by atoms with van der Waals surface area (Å²) in [6.07, 6.45) is -0.502. The van der Waals surface area contributed by atoms with E-state index in [4.69, 9.17) is 16.3 Å². The Morgan fingerprint density at radius 3 is 2.33 bits per heavy atom. The van der Waals surface area contributed by atoms with Gasteiger partial charge in [0.25, 0.3) is 5.91 Å². The zero-order valence-corrected chi connectivity index (χ0v) is 15.6. The number of hydrogen-bond donors (Lipinski definition) is 1. The van der Waals surface area contributed by atoms with Crippen LogP contribution in [0.1, 0.15) is 35.9 Å². The smallest absolute Gasteiger partial charge is 0.328 e. The van der Waals surface area contributed by atoms with E-state index in [9.17, 15) is 9.59 Å². The molecule has 0 saturated heterocycles. The van der Waals surface area contributed by atoms with Gasteiger partial charge in [0, 0.05) is 20.6 Å². The van der Waals surface area contributed by atoms with Crippen LogP contribution in [0.25, 0.3) is 0 Å². The second-order valence-electron chi connectivity index (χ2n) is 5.30. The van der Waals surface area contributed by atoms with Crippen LogP contribution in [0.15, 0.2) is 53.0 Å². The molecule has 0 fully saturated rings. The van der Waals surface area contributed by atoms with Crippen molar-refractivity contribution in [1.29, 1.82) is 0 Å². The maximum absolute atomic E-state index is 12.2. The molecule has 2 aromatic carbocycles. The highest BCUT2D eigenvalue weighted by molar-refractivity contribution is 9.10. The molecule has 0 aliphatic heterocycles. The molecule has 1 N–H and O–H groups in total. The zero-order chi connectivity index (χ0) is 17.7. The molecule has 0 bridgehead atoms. The van der Waals surface area contributed by atoms with Crippen molar-refractivity contribution in [2.24, 2.45) is 0 Å². The molecule has 2 atom stereocenters. The van der Waals surface area contributed by atoms with E-state index >= 15 is 0 Å². The summed E-state index contributed by atoms with van der Waals surface area (Å²) in [5.41, 5.74) is 1.19. The second kappa shape index (κ2) is 8.31. The molecule has 2 aromatic rings. The number of carbonyl (C=O) groups is 2. The first kappa shape index (κ1) is 18.5. The van der Waals surface area contributed by atoms with Crippen LogP contribution in [-0.2, 0) is 9.53 Å². The first-order valence-electron chi connectivity index (χ1n) is 7.40. The Bertz CT molecular complexity index is 733. The first-order valence-corrected chi connectivity index (χ1v) is 8.57. The van der Waals surface area contributed by atoms with Crippen molar-refractivity contribution in [1.82, 2.24) is 5.32 Å². The predicted molar refractivity (Wildman–Crippen MR) is 97.0 cm³/mol. The maximum Gasteiger partial charge on any atom is 0.328 e. The van der Waals surface area contributed by atoms with E-state index in [2.05, 4.69) is 21.2 Å². The first-order chi connectivity index (χ1) is 11.4. The Labute approximate surface area is 154 Å². The van der Waals surface area contributed by atoms with Crippen molar-refractivity contribution in [2.45, 2.75) is 26.0 Å². The van der Waals surface area contributed by atoms with Crippen LogP contribution in [0.4, 0.5) is 0 Å². The summed E-state index contributed by atoms with van der Waals surface area (Å²) in [7, 11) is 0. The fourth-order valence-electron chi connectivity index (χ4n) is 2.08. The van der Waals surface area contributed by atoms with Crippen molar-refractivity contribution in [3.63, 3.8) is 0 Å². The highest BCUT2D eigenvalue weighted by Crippen LogP contribution is 2.25. The van der Waals surface area contributed by atoms with E-state index in [1.54, 1.807) is 56.3 Å². The monoisotopic (exact) mass is 409 g/mol. The minimum absolute atomic E-state index is 0.336. The lowest BCUT2D eigenvalue weighted by atomic mass is 10.1. The normalized spacial score (nSPS) is 13.0. The van der Waals surface area contributed by atoms with Gasteiger partial charge in [-0.1, -0.05) is 45.7 Å². The molecule has 6 heteroatoms. The topological polar surface area (TPSA) is 55.4 Å². The number of amides is 1. The number of ether oxygens (including phenoxy) is 1. The van der Waals surface area contributed by atoms with E-state index in [0.29, 0.717) is 10.6 Å². The molecule has 0 aliphatic rings. The SMILES string of the molecule is C[C@H](NC(=O)c1ccc(Br)cc1)C(=O)O[C@@H](C)c1ccccc1Cl. The number of carbonyl (C=O) groups excluding carboxylic acids is 2. The summed E-state index contributed by atoms with van der Waals surface area (Å²) in [4.78, 5) is 24.3. The summed E-state index contributed by atoms with van der Waals surface area (Å²) in [6, 6.07) is 13.3. The van der Waals surface area contributed by atoms with Crippen LogP contribution in [0.2, 0.25) is 5.02 Å². The summed E-state index contributed by atoms with van der Waals surface area (Å²) in [5, 5.41) is 3.16. The van der Waals surface area contributed by atoms with Crippen LogP contribution in [0, 0.1) is 0 Å². The van der Waals surface area contributed by atoms with Gasteiger partial charge in [0.1, 0.15) is 12.1 Å². The third-order valence-corrected chi connectivity index (χ3v) is 4.32. The van der Waals surface area contributed by atoms with Gasteiger partial charge in [0.05, 0.1) is 0 Å². The van der Waals surface area contributed by atoms with E-state index < -0.39 is 18.1 Å². The van der Waals surface area contributed by atoms with Gasteiger partial charge in [-0.25, -0.2) is 4.79 Å². The number of benzene rings is 2. The minimum atomic E-state index is -0.772. The third-order valence-electron chi connectivity index (χ3n) is 3.44. The number of hydrogen-bond acceptors (Lipinski definition) is 3. The van der Waals surface area contributed by atoms with Gasteiger partial charge >= 0.3 is 5.97 Å². The Hall–Kier alpha value is -1.85. The average Bonchev–Trinajstić information content (AvgIpc) is 2.55. The largest absolute Gasteiger partial charge is 0.456 e. The number of esters is 1. The van der Waals surface area contributed by atoms with Gasteiger partial charge in [0.2, 0.25) is 0 Å². The van der Waals surface area contributed by atoms with Crippen LogP contribution >= 0.6 is 27.5 Å². The molecule has 126 valence electrons. The Morgan fingerprint density at radius 1 is 1.08 bits per heavy atom. The summed E-state index contributed by atoms with van der Waals surface area (Å²) in [6.45, 7) is 3.32. The van der Waals surface area contributed by atoms with Crippen molar-refractivity contribution in [3.8, 4) is 0 Å². The standard InChI is InChI=1S/C18H17BrClNO3/c1-11(21-17(22)13-7-9-14(19)10-8-13)18(23)24-12(2)15-5-3-4-6-16(15)20/h3-12H,1-2H3,(H,21,22)/t11-,12-/m0/s1. The average molecular weight is 411 g/mol. The molecule has 24 heavy (non-hydrogen) atoms. The van der Waals surface area contributed by atoms with E-state index in [-0.39, 0.29) is 5.91 Å². The van der Waals surface area contributed by atoms with Gasteiger partial charge in [-0.05, 0) is 44.2 Å². The lowest BCUT2D eigenvalue weighted by Gasteiger charge is -2.18. The second-order valence-corrected chi connectivity index (χ2v) is 6.63. The summed E-state index contributed by atoms with van der Waals surface area (Å²) < 4.78 is 6.26. The molecule has 0 aromatic heterocycles. The quantitative estimate of drug-likeness (QED) is 0.737. The fourth-order valence-corrected chi connectivity index (χ4v) is 2.64. The molecular formula is C18H17BrClNO3. The van der Waals surface area contributed by atoms with Crippen LogP contribution < -0.4 is 5.32 Å².